The first-order valence-corrected chi connectivity index (χ1v) is 4.97. The summed E-state index contributed by atoms with van der Waals surface area (Å²) in [5.74, 6) is -0.962. The Balaban J connectivity index is 3.56. The number of aliphatic carboxylic acids is 1. The molecule has 0 unspecified atom stereocenters. The van der Waals surface area contributed by atoms with Gasteiger partial charge in [-0.3, -0.25) is 4.79 Å². The summed E-state index contributed by atoms with van der Waals surface area (Å²) < 4.78 is 0. The number of unbranched alkanes of at least 4 members (excludes halogenated alkanes) is 2. The Kier molecular flexibility index (Phi) is 6.59. The van der Waals surface area contributed by atoms with Crippen molar-refractivity contribution in [1.82, 2.24) is 0 Å². The van der Waals surface area contributed by atoms with Crippen LogP contribution >= 0.6 is 0 Å². The second-order valence-corrected chi connectivity index (χ2v) is 3.64. The maximum absolute atomic E-state index is 10.3. The minimum absolute atomic E-state index is 0.0628. The number of aliphatic hydroxyl groups excluding tert-OH is 1. The molecule has 0 heterocycles. The highest BCUT2D eigenvalue weighted by Gasteiger charge is 2.16. The Morgan fingerprint density at radius 3 is 2.46 bits per heavy atom. The van der Waals surface area contributed by atoms with Gasteiger partial charge >= 0.3 is 5.97 Å². The van der Waals surface area contributed by atoms with Gasteiger partial charge in [-0.25, -0.2) is 0 Å². The van der Waals surface area contributed by atoms with Crippen LogP contribution in [0.25, 0.3) is 0 Å². The van der Waals surface area contributed by atoms with Gasteiger partial charge in [0, 0.05) is 0 Å². The lowest BCUT2D eigenvalue weighted by atomic mass is 9.96. The Hall–Kier alpha value is -0.570. The predicted molar refractivity (Wildman–Crippen MR) is 51.6 cm³/mol. The molecule has 2 atom stereocenters. The molecule has 0 amide bonds. The zero-order valence-corrected chi connectivity index (χ0v) is 8.49. The highest BCUT2D eigenvalue weighted by molar-refractivity contribution is 5.67. The second-order valence-electron chi connectivity index (χ2n) is 3.64. The number of hydrogen-bond donors (Lipinski definition) is 2. The van der Waals surface area contributed by atoms with Gasteiger partial charge in [0.1, 0.15) is 0 Å². The molecule has 78 valence electrons. The Bertz CT molecular complexity index is 145. The van der Waals surface area contributed by atoms with Crippen molar-refractivity contribution in [2.75, 3.05) is 0 Å². The third-order valence-corrected chi connectivity index (χ3v) is 2.26. The van der Waals surface area contributed by atoms with Crippen LogP contribution < -0.4 is 0 Å². The average Bonchev–Trinajstić information content (AvgIpc) is 2.03. The van der Waals surface area contributed by atoms with Crippen LogP contribution in [0.1, 0.15) is 46.0 Å². The van der Waals surface area contributed by atoms with Gasteiger partial charge in [0.15, 0.2) is 0 Å². The maximum Gasteiger partial charge on any atom is 0.303 e. The molecule has 0 radical (unpaired) electrons. The quantitative estimate of drug-likeness (QED) is 0.601. The molecule has 0 aliphatic rings. The van der Waals surface area contributed by atoms with Crippen molar-refractivity contribution in [3.63, 3.8) is 0 Å². The average molecular weight is 188 g/mol. The van der Waals surface area contributed by atoms with Crippen molar-refractivity contribution in [3.8, 4) is 0 Å². The highest BCUT2D eigenvalue weighted by atomic mass is 16.4. The minimum atomic E-state index is -0.831. The number of aliphatic hydroxyl groups is 1. The third-order valence-electron chi connectivity index (χ3n) is 2.26. The van der Waals surface area contributed by atoms with Crippen molar-refractivity contribution < 1.29 is 15.0 Å². The van der Waals surface area contributed by atoms with Crippen LogP contribution in [0.15, 0.2) is 0 Å². The molecule has 0 rings (SSSR count). The molecular formula is C10H20O3. The third kappa shape index (κ3) is 6.58. The number of hydrogen-bond acceptors (Lipinski definition) is 2. The van der Waals surface area contributed by atoms with Crippen molar-refractivity contribution in [2.45, 2.75) is 52.1 Å². The van der Waals surface area contributed by atoms with E-state index in [1.807, 2.05) is 0 Å². The summed E-state index contributed by atoms with van der Waals surface area (Å²) in [6.07, 6.45) is 3.55. The molecular weight excluding hydrogens is 168 g/mol. The first-order valence-electron chi connectivity index (χ1n) is 4.97. The van der Waals surface area contributed by atoms with E-state index >= 15 is 0 Å². The van der Waals surface area contributed by atoms with Gasteiger partial charge < -0.3 is 10.2 Å². The largest absolute Gasteiger partial charge is 0.481 e. The van der Waals surface area contributed by atoms with Gasteiger partial charge in [0.05, 0.1) is 12.5 Å². The van der Waals surface area contributed by atoms with Crippen LogP contribution in [-0.4, -0.2) is 22.3 Å². The van der Waals surface area contributed by atoms with E-state index in [0.717, 1.165) is 25.7 Å². The van der Waals surface area contributed by atoms with Crippen LogP contribution in [0.4, 0.5) is 0 Å². The molecule has 3 heteroatoms. The molecule has 3 nitrogen and oxygen atoms in total. The number of carbonyl (C=O) groups is 1. The smallest absolute Gasteiger partial charge is 0.303 e. The molecule has 2 N–H and O–H groups in total. The minimum Gasteiger partial charge on any atom is -0.481 e. The number of carboxylic acid groups (broad SMARTS) is 1. The van der Waals surface area contributed by atoms with Crippen LogP contribution in [0.5, 0.6) is 0 Å². The number of rotatable bonds is 7. The summed E-state index contributed by atoms with van der Waals surface area (Å²) in [5, 5.41) is 18.0. The molecule has 0 aromatic rings. The molecule has 0 aromatic heterocycles. The SMILES string of the molecule is CCCCC[C@H](O)[C@H](C)CC(=O)O. The van der Waals surface area contributed by atoms with E-state index in [1.54, 1.807) is 6.92 Å². The first-order chi connectivity index (χ1) is 6.07. The standard InChI is InChI=1S/C10H20O3/c1-3-4-5-6-9(11)8(2)7-10(12)13/h8-9,11H,3-7H2,1-2H3,(H,12,13)/t8-,9+/m1/s1. The van der Waals surface area contributed by atoms with E-state index < -0.39 is 12.1 Å². The summed E-state index contributed by atoms with van der Waals surface area (Å²) in [5.41, 5.74) is 0. The topological polar surface area (TPSA) is 57.5 Å². The summed E-state index contributed by atoms with van der Waals surface area (Å²) in [4.78, 5) is 10.3. The van der Waals surface area contributed by atoms with Gasteiger partial charge in [-0.15, -0.1) is 0 Å². The molecule has 0 spiro atoms. The Morgan fingerprint density at radius 2 is 2.00 bits per heavy atom. The fourth-order valence-corrected chi connectivity index (χ4v) is 1.30. The van der Waals surface area contributed by atoms with Gasteiger partial charge in [0.25, 0.3) is 0 Å². The zero-order chi connectivity index (χ0) is 10.3. The van der Waals surface area contributed by atoms with Gasteiger partial charge in [-0.2, -0.15) is 0 Å². The summed E-state index contributed by atoms with van der Waals surface area (Å²) in [7, 11) is 0. The molecule has 13 heavy (non-hydrogen) atoms. The van der Waals surface area contributed by atoms with E-state index in [1.165, 1.54) is 0 Å². The van der Waals surface area contributed by atoms with Crippen LogP contribution in [0.3, 0.4) is 0 Å². The second kappa shape index (κ2) is 6.89. The van der Waals surface area contributed by atoms with Crippen molar-refractivity contribution in [1.29, 1.82) is 0 Å². The number of carboxylic acids is 1. The van der Waals surface area contributed by atoms with E-state index in [4.69, 9.17) is 5.11 Å². The highest BCUT2D eigenvalue weighted by Crippen LogP contribution is 2.14. The summed E-state index contributed by atoms with van der Waals surface area (Å²) in [6.45, 7) is 3.89. The van der Waals surface area contributed by atoms with Gasteiger partial charge in [-0.1, -0.05) is 33.1 Å². The van der Waals surface area contributed by atoms with Gasteiger partial charge in [-0.05, 0) is 12.3 Å². The summed E-state index contributed by atoms with van der Waals surface area (Å²) in [6, 6.07) is 0. The van der Waals surface area contributed by atoms with E-state index in [-0.39, 0.29) is 12.3 Å². The fraction of sp³-hybridized carbons (Fsp3) is 0.900. The Labute approximate surface area is 79.8 Å². The maximum atomic E-state index is 10.3. The predicted octanol–water partition coefficient (Wildman–Crippen LogP) is 2.04. The van der Waals surface area contributed by atoms with Crippen molar-refractivity contribution in [3.05, 3.63) is 0 Å². The fourth-order valence-electron chi connectivity index (χ4n) is 1.30. The van der Waals surface area contributed by atoms with Crippen LogP contribution in [-0.2, 0) is 4.79 Å². The molecule has 0 aromatic carbocycles. The monoisotopic (exact) mass is 188 g/mol. The lowest BCUT2D eigenvalue weighted by molar-refractivity contribution is -0.139. The molecule has 0 aliphatic carbocycles. The molecule has 0 bridgehead atoms. The first kappa shape index (κ1) is 12.4. The van der Waals surface area contributed by atoms with Crippen LogP contribution in [0.2, 0.25) is 0 Å². The van der Waals surface area contributed by atoms with E-state index in [0.29, 0.717) is 0 Å². The Morgan fingerprint density at radius 1 is 1.38 bits per heavy atom. The van der Waals surface area contributed by atoms with Gasteiger partial charge in [0.2, 0.25) is 0 Å². The lowest BCUT2D eigenvalue weighted by Gasteiger charge is -2.16. The lowest BCUT2D eigenvalue weighted by Crippen LogP contribution is -2.20. The zero-order valence-electron chi connectivity index (χ0n) is 8.49. The van der Waals surface area contributed by atoms with Crippen molar-refractivity contribution in [2.24, 2.45) is 5.92 Å². The molecule has 0 saturated carbocycles. The van der Waals surface area contributed by atoms with E-state index in [9.17, 15) is 9.90 Å². The van der Waals surface area contributed by atoms with E-state index in [2.05, 4.69) is 6.92 Å². The van der Waals surface area contributed by atoms with Crippen LogP contribution in [0, 0.1) is 5.92 Å². The molecule has 0 saturated heterocycles. The molecule has 0 aliphatic heterocycles. The molecule has 0 fully saturated rings. The van der Waals surface area contributed by atoms with Crippen molar-refractivity contribution >= 4 is 5.97 Å². The summed E-state index contributed by atoms with van der Waals surface area (Å²) >= 11 is 0. The normalized spacial score (nSPS) is 15.3.